The van der Waals surface area contributed by atoms with Crippen LogP contribution in [0.5, 0.6) is 0 Å². The number of carboxylic acid groups (broad SMARTS) is 1. The summed E-state index contributed by atoms with van der Waals surface area (Å²) >= 11 is 0. The molecule has 0 unspecified atom stereocenters. The maximum atomic E-state index is 12.7. The summed E-state index contributed by atoms with van der Waals surface area (Å²) in [6.07, 6.45) is 25.3. The Morgan fingerprint density at radius 1 is 0.717 bits per heavy atom. The van der Waals surface area contributed by atoms with Gasteiger partial charge in [0.2, 0.25) is 11.8 Å². The van der Waals surface area contributed by atoms with Gasteiger partial charge >= 0.3 is 17.9 Å². The van der Waals surface area contributed by atoms with Gasteiger partial charge in [0.05, 0.1) is 24.7 Å². The number of rotatable bonds is 27. The third-order valence-electron chi connectivity index (χ3n) is 9.29. The Kier molecular flexibility index (Phi) is 20.2. The van der Waals surface area contributed by atoms with E-state index in [-0.39, 0.29) is 42.7 Å². The summed E-state index contributed by atoms with van der Waals surface area (Å²) in [5, 5.41) is 15.0. The van der Waals surface area contributed by atoms with Gasteiger partial charge in [-0.2, -0.15) is 0 Å². The number of amides is 2. The van der Waals surface area contributed by atoms with Gasteiger partial charge < -0.3 is 20.5 Å². The number of aliphatic carboxylic acids is 1. The predicted octanol–water partition coefficient (Wildman–Crippen LogP) is 9.37. The van der Waals surface area contributed by atoms with Crippen molar-refractivity contribution >= 4 is 46.9 Å². The number of carboxylic acids is 1. The van der Waals surface area contributed by atoms with Crippen LogP contribution >= 0.6 is 0 Å². The van der Waals surface area contributed by atoms with E-state index in [2.05, 4.69) is 15.4 Å². The highest BCUT2D eigenvalue weighted by Gasteiger charge is 2.32. The molecule has 2 aromatic rings. The second-order valence-electron chi connectivity index (χ2n) is 13.8. The lowest BCUT2D eigenvalue weighted by Crippen LogP contribution is -2.21. The predicted molar refractivity (Wildman–Crippen MR) is 206 cm³/mol. The van der Waals surface area contributed by atoms with Gasteiger partial charge in [-0.15, -0.1) is 0 Å². The van der Waals surface area contributed by atoms with Gasteiger partial charge in [0, 0.05) is 23.4 Å². The molecule has 53 heavy (non-hydrogen) atoms. The number of ether oxygens (including phenoxy) is 1. The van der Waals surface area contributed by atoms with E-state index in [1.165, 1.54) is 76.4 Å². The first-order chi connectivity index (χ1) is 25.7. The first kappa shape index (κ1) is 42.6. The number of hydrogen-bond acceptors (Lipinski definition) is 7. The highest BCUT2D eigenvalue weighted by molar-refractivity contribution is 6.11. The summed E-state index contributed by atoms with van der Waals surface area (Å²) in [5.74, 6) is -4.37. The van der Waals surface area contributed by atoms with E-state index in [4.69, 9.17) is 0 Å². The monoisotopic (exact) mass is 728 g/mol. The fourth-order valence-corrected chi connectivity index (χ4v) is 6.28. The Morgan fingerprint density at radius 3 is 1.91 bits per heavy atom. The lowest BCUT2D eigenvalue weighted by Gasteiger charge is -2.10. The minimum atomic E-state index is -1.10. The topological polar surface area (TPSA) is 156 Å². The van der Waals surface area contributed by atoms with Crippen molar-refractivity contribution in [3.05, 3.63) is 84.5 Å². The molecule has 3 rings (SSSR count). The van der Waals surface area contributed by atoms with Crippen molar-refractivity contribution in [1.29, 1.82) is 0 Å². The summed E-state index contributed by atoms with van der Waals surface area (Å²) in [7, 11) is 0. The molecular formula is C43H56N2O8. The number of Topliss-reactive ketones (excluding diaryl/α,β-unsaturated/α-hetero) is 1. The van der Waals surface area contributed by atoms with E-state index in [9.17, 15) is 33.9 Å². The highest BCUT2D eigenvalue weighted by atomic mass is 16.6. The molecule has 0 saturated carbocycles. The van der Waals surface area contributed by atoms with E-state index in [0.29, 0.717) is 11.4 Å². The number of benzene rings is 2. The maximum absolute atomic E-state index is 12.7. The number of para-hydroxylation sites is 1. The quantitative estimate of drug-likeness (QED) is 0.0270. The first-order valence-electron chi connectivity index (χ1n) is 19.3. The van der Waals surface area contributed by atoms with Crippen LogP contribution in [0.25, 0.3) is 0 Å². The van der Waals surface area contributed by atoms with Crippen LogP contribution in [0.2, 0.25) is 0 Å². The summed E-state index contributed by atoms with van der Waals surface area (Å²) in [6.45, 7) is 0. The minimum absolute atomic E-state index is 0.210. The number of anilines is 2. The molecule has 2 amide bonds. The molecule has 2 aromatic carbocycles. The normalized spacial score (nSPS) is 14.8. The van der Waals surface area contributed by atoms with E-state index in [1.807, 2.05) is 18.2 Å². The van der Waals surface area contributed by atoms with Crippen molar-refractivity contribution in [3.8, 4) is 0 Å². The number of nitrogens with one attached hydrogen (secondary N) is 2. The van der Waals surface area contributed by atoms with Gasteiger partial charge in [-0.1, -0.05) is 138 Å². The van der Waals surface area contributed by atoms with Gasteiger partial charge in [-0.3, -0.25) is 28.8 Å². The Balaban J connectivity index is 1.18. The van der Waals surface area contributed by atoms with Crippen molar-refractivity contribution in [2.75, 3.05) is 10.6 Å². The largest absolute Gasteiger partial charge is 0.481 e. The molecule has 0 aliphatic carbocycles. The van der Waals surface area contributed by atoms with Crippen LogP contribution < -0.4 is 10.6 Å². The summed E-state index contributed by atoms with van der Waals surface area (Å²) in [6, 6.07) is 15.1. The first-order valence-corrected chi connectivity index (χ1v) is 19.3. The van der Waals surface area contributed by atoms with Crippen LogP contribution in [-0.4, -0.2) is 40.6 Å². The van der Waals surface area contributed by atoms with Gasteiger partial charge in [0.25, 0.3) is 0 Å². The molecule has 1 aliphatic rings. The zero-order valence-corrected chi connectivity index (χ0v) is 30.9. The van der Waals surface area contributed by atoms with Gasteiger partial charge in [0.1, 0.15) is 0 Å². The molecule has 0 bridgehead atoms. The second-order valence-corrected chi connectivity index (χ2v) is 13.8. The van der Waals surface area contributed by atoms with Gasteiger partial charge in [0.15, 0.2) is 5.78 Å². The summed E-state index contributed by atoms with van der Waals surface area (Å²) < 4.78 is 4.60. The number of carbonyl (C=O) groups is 6. The number of unbranched alkanes of at least 4 members (excludes halogenated alkanes) is 14. The van der Waals surface area contributed by atoms with Crippen LogP contribution in [-0.2, 0) is 28.7 Å². The molecule has 1 fully saturated rings. The SMILES string of the molecule is O=C(CC(=O)c1cccc(NC(=O)C[C@H](/C=C/C=C/CCCCCCCCCCCCCCCC[C@H]2CC(=O)OC2=O)C(=O)O)c1)Nc1ccccc1. The van der Waals surface area contributed by atoms with E-state index in [1.54, 1.807) is 48.5 Å². The standard InChI is InChI=1S/C43H56N2O8/c46-38(32-40(48)44-36-26-20-17-21-27-36)33-25-22-28-37(29-33)45-39(47)30-34(42(50)51)23-18-15-13-11-9-7-5-3-1-2-4-6-8-10-12-14-16-19-24-35-31-41(49)53-43(35)52/h13,15,17-18,20-23,25-29,34-35H,1-12,14,16,19,24,30-32H2,(H,44,48)(H,45,47)(H,50,51)/b15-13+,23-18+/t34-,35-/m0/s1. The minimum Gasteiger partial charge on any atom is -0.481 e. The zero-order chi connectivity index (χ0) is 38.1. The van der Waals surface area contributed by atoms with Crippen LogP contribution in [0.4, 0.5) is 11.4 Å². The molecule has 3 N–H and O–H groups in total. The molecule has 1 heterocycles. The Bertz CT molecular complexity index is 1530. The van der Waals surface area contributed by atoms with Crippen molar-refractivity contribution in [2.24, 2.45) is 11.8 Å². The molecule has 2 atom stereocenters. The fourth-order valence-electron chi connectivity index (χ4n) is 6.28. The zero-order valence-electron chi connectivity index (χ0n) is 30.9. The molecule has 0 radical (unpaired) electrons. The van der Waals surface area contributed by atoms with Crippen LogP contribution in [0.15, 0.2) is 78.9 Å². The fraction of sp³-hybridized carbons (Fsp3) is 0.488. The maximum Gasteiger partial charge on any atom is 0.317 e. The lowest BCUT2D eigenvalue weighted by molar-refractivity contribution is -0.153. The number of allylic oxidation sites excluding steroid dienone is 3. The molecule has 0 spiro atoms. The van der Waals surface area contributed by atoms with Gasteiger partial charge in [-0.05, 0) is 43.5 Å². The molecule has 0 aromatic heterocycles. The highest BCUT2D eigenvalue weighted by Crippen LogP contribution is 2.23. The second kappa shape index (κ2) is 25.2. The van der Waals surface area contributed by atoms with Crippen molar-refractivity contribution < 1.29 is 38.6 Å². The number of cyclic esters (lactones) is 2. The molecular weight excluding hydrogens is 672 g/mol. The number of ketones is 1. The van der Waals surface area contributed by atoms with Crippen LogP contribution in [0, 0.1) is 11.8 Å². The Morgan fingerprint density at radius 2 is 1.30 bits per heavy atom. The van der Waals surface area contributed by atoms with Gasteiger partial charge in [-0.25, -0.2) is 0 Å². The van der Waals surface area contributed by atoms with Crippen LogP contribution in [0.3, 0.4) is 0 Å². The summed E-state index contributed by atoms with van der Waals surface area (Å²) in [4.78, 5) is 71.9. The molecule has 286 valence electrons. The number of hydrogen-bond donors (Lipinski definition) is 3. The number of carbonyl (C=O) groups excluding carboxylic acids is 5. The third kappa shape index (κ3) is 18.5. The average Bonchev–Trinajstić information content (AvgIpc) is 3.46. The van der Waals surface area contributed by atoms with Crippen molar-refractivity contribution in [1.82, 2.24) is 0 Å². The molecule has 1 saturated heterocycles. The van der Waals surface area contributed by atoms with E-state index in [0.717, 1.165) is 38.5 Å². The molecule has 10 nitrogen and oxygen atoms in total. The smallest absolute Gasteiger partial charge is 0.317 e. The lowest BCUT2D eigenvalue weighted by atomic mass is 9.98. The molecule has 1 aliphatic heterocycles. The Labute approximate surface area is 313 Å². The Hall–Kier alpha value is -4.86. The third-order valence-corrected chi connectivity index (χ3v) is 9.29. The van der Waals surface area contributed by atoms with Crippen LogP contribution in [0.1, 0.15) is 132 Å². The van der Waals surface area contributed by atoms with E-state index >= 15 is 0 Å². The average molecular weight is 729 g/mol. The summed E-state index contributed by atoms with van der Waals surface area (Å²) in [5.41, 5.74) is 1.20. The van der Waals surface area contributed by atoms with Crippen molar-refractivity contribution in [2.45, 2.75) is 122 Å². The number of esters is 2. The van der Waals surface area contributed by atoms with Crippen molar-refractivity contribution in [3.63, 3.8) is 0 Å². The van der Waals surface area contributed by atoms with E-state index < -0.39 is 29.5 Å². The molecule has 10 heteroatoms.